The van der Waals surface area contributed by atoms with Crippen molar-refractivity contribution < 1.29 is 14.6 Å². The summed E-state index contributed by atoms with van der Waals surface area (Å²) in [6, 6.07) is 12.7. The van der Waals surface area contributed by atoms with Crippen LogP contribution in [0.1, 0.15) is 27.0 Å². The first-order valence-electron chi connectivity index (χ1n) is 9.82. The summed E-state index contributed by atoms with van der Waals surface area (Å²) < 4.78 is 4.82. The van der Waals surface area contributed by atoms with E-state index in [9.17, 15) is 14.7 Å². The van der Waals surface area contributed by atoms with E-state index in [1.807, 2.05) is 32.0 Å². The maximum atomic E-state index is 12.7. The number of H-pyrrole nitrogens is 1. The molecule has 0 bridgehead atoms. The third kappa shape index (κ3) is 4.92. The first-order chi connectivity index (χ1) is 14.8. The maximum Gasteiger partial charge on any atom is 0.339 e. The third-order valence-electron chi connectivity index (χ3n) is 5.11. The van der Waals surface area contributed by atoms with Crippen LogP contribution in [0.3, 0.4) is 0 Å². The van der Waals surface area contributed by atoms with E-state index in [-0.39, 0.29) is 30.4 Å². The van der Waals surface area contributed by atoms with Crippen molar-refractivity contribution in [1.82, 2.24) is 9.88 Å². The monoisotopic (exact) mass is 439 g/mol. The van der Waals surface area contributed by atoms with Crippen molar-refractivity contribution in [3.8, 4) is 0 Å². The highest BCUT2D eigenvalue weighted by Gasteiger charge is 2.17. The number of fused-ring (bicyclic) bond motifs is 1. The number of anilines is 1. The molecule has 3 rings (SSSR count). The van der Waals surface area contributed by atoms with Gasteiger partial charge in [0.2, 0.25) is 0 Å². The molecule has 0 aliphatic rings. The van der Waals surface area contributed by atoms with E-state index in [0.29, 0.717) is 16.8 Å². The fourth-order valence-electron chi connectivity index (χ4n) is 3.39. The number of carbonyl (C=O) groups excluding carboxylic acids is 1. The summed E-state index contributed by atoms with van der Waals surface area (Å²) in [4.78, 5) is 29.4. The lowest BCUT2D eigenvalue weighted by molar-refractivity contribution is 0.0602. The van der Waals surface area contributed by atoms with E-state index >= 15 is 0 Å². The molecule has 2 aromatic carbocycles. The van der Waals surface area contributed by atoms with Crippen molar-refractivity contribution in [3.05, 3.63) is 75.1 Å². The molecule has 1 heterocycles. The van der Waals surface area contributed by atoms with Crippen molar-refractivity contribution in [3.63, 3.8) is 0 Å². The number of carbonyl (C=O) groups is 1. The van der Waals surface area contributed by atoms with Gasteiger partial charge >= 0.3 is 5.97 Å². The lowest BCUT2D eigenvalue weighted by Gasteiger charge is -2.25. The molecule has 162 valence electrons. The molecular weight excluding hydrogens is 414 g/mol. The van der Waals surface area contributed by atoms with Gasteiger partial charge in [0.15, 0.2) is 5.11 Å². The Balaban J connectivity index is 1.91. The Morgan fingerprint density at radius 1 is 1.19 bits per heavy atom. The molecule has 7 nitrogen and oxygen atoms in total. The van der Waals surface area contributed by atoms with Crippen molar-refractivity contribution in [2.75, 3.05) is 25.6 Å². The molecule has 31 heavy (non-hydrogen) atoms. The lowest BCUT2D eigenvalue weighted by atomic mass is 10.0. The number of pyridine rings is 1. The van der Waals surface area contributed by atoms with Gasteiger partial charge in [-0.1, -0.05) is 24.3 Å². The first-order valence-corrected chi connectivity index (χ1v) is 10.2. The van der Waals surface area contributed by atoms with E-state index in [1.54, 1.807) is 29.2 Å². The Bertz CT molecular complexity index is 1190. The summed E-state index contributed by atoms with van der Waals surface area (Å²) >= 11 is 5.53. The van der Waals surface area contributed by atoms with Crippen LogP contribution in [-0.2, 0) is 11.3 Å². The van der Waals surface area contributed by atoms with Crippen molar-refractivity contribution in [2.45, 2.75) is 20.4 Å². The van der Waals surface area contributed by atoms with Crippen molar-refractivity contribution >= 4 is 39.9 Å². The van der Waals surface area contributed by atoms with Crippen LogP contribution < -0.4 is 10.9 Å². The smallest absolute Gasteiger partial charge is 0.339 e. The van der Waals surface area contributed by atoms with Gasteiger partial charge in [0, 0.05) is 17.5 Å². The highest BCUT2D eigenvalue weighted by atomic mass is 32.1. The van der Waals surface area contributed by atoms with E-state index in [0.717, 1.165) is 22.0 Å². The van der Waals surface area contributed by atoms with E-state index in [1.165, 1.54) is 7.11 Å². The Morgan fingerprint density at radius 2 is 1.90 bits per heavy atom. The summed E-state index contributed by atoms with van der Waals surface area (Å²) in [5, 5.41) is 13.8. The minimum absolute atomic E-state index is 0.149. The van der Waals surface area contributed by atoms with Crippen LogP contribution in [0.5, 0.6) is 0 Å². The number of nitrogens with one attached hydrogen (secondary N) is 2. The van der Waals surface area contributed by atoms with E-state index < -0.39 is 5.97 Å². The number of ether oxygens (including phenoxy) is 1. The quantitative estimate of drug-likeness (QED) is 0.401. The number of aliphatic hydroxyl groups excluding tert-OH is 1. The van der Waals surface area contributed by atoms with Crippen LogP contribution >= 0.6 is 12.2 Å². The van der Waals surface area contributed by atoms with Crippen LogP contribution in [0.2, 0.25) is 0 Å². The molecule has 0 aliphatic heterocycles. The van der Waals surface area contributed by atoms with E-state index in [2.05, 4.69) is 10.3 Å². The van der Waals surface area contributed by atoms with Crippen LogP contribution in [0.25, 0.3) is 10.9 Å². The van der Waals surface area contributed by atoms with Crippen LogP contribution in [-0.4, -0.2) is 46.3 Å². The molecule has 0 aliphatic carbocycles. The summed E-state index contributed by atoms with van der Waals surface area (Å²) in [6.45, 7) is 4.21. The molecule has 0 unspecified atom stereocenters. The van der Waals surface area contributed by atoms with Gasteiger partial charge in [-0.25, -0.2) is 4.79 Å². The number of aromatic nitrogens is 1. The molecule has 1 aromatic heterocycles. The van der Waals surface area contributed by atoms with Gasteiger partial charge in [0.1, 0.15) is 0 Å². The number of hydrogen-bond donors (Lipinski definition) is 3. The molecule has 0 spiro atoms. The van der Waals surface area contributed by atoms with Crippen LogP contribution in [0.4, 0.5) is 5.69 Å². The second kappa shape index (κ2) is 9.72. The molecule has 0 saturated heterocycles. The fourth-order valence-corrected chi connectivity index (χ4v) is 3.65. The van der Waals surface area contributed by atoms with Gasteiger partial charge in [-0.15, -0.1) is 0 Å². The third-order valence-corrected chi connectivity index (χ3v) is 5.47. The number of esters is 1. The summed E-state index contributed by atoms with van der Waals surface area (Å²) in [5.74, 6) is -0.489. The molecular formula is C23H25N3O4S. The Kier molecular flexibility index (Phi) is 7.04. The normalized spacial score (nSPS) is 10.7. The fraction of sp³-hybridized carbons (Fsp3) is 0.261. The van der Waals surface area contributed by atoms with Gasteiger partial charge in [-0.3, -0.25) is 4.79 Å². The Hall–Kier alpha value is -3.23. The van der Waals surface area contributed by atoms with Crippen LogP contribution in [0.15, 0.2) is 47.3 Å². The number of benzene rings is 2. The number of aryl methyl sites for hydroxylation is 2. The number of hydrogen-bond acceptors (Lipinski definition) is 5. The summed E-state index contributed by atoms with van der Waals surface area (Å²) in [5.41, 5.74) is 4.01. The highest BCUT2D eigenvalue weighted by molar-refractivity contribution is 7.80. The van der Waals surface area contributed by atoms with Crippen molar-refractivity contribution in [1.29, 1.82) is 0 Å². The van der Waals surface area contributed by atoms with E-state index in [4.69, 9.17) is 17.0 Å². The largest absolute Gasteiger partial charge is 0.465 e. The molecule has 0 atom stereocenters. The number of nitrogens with zero attached hydrogens (tertiary/aromatic N) is 1. The molecule has 0 saturated carbocycles. The SMILES string of the molecule is COC(=O)c1ccccc1NC(=S)N(CCO)Cc1cc2c(C)ccc(C)c2[nH]c1=O. The zero-order valence-electron chi connectivity index (χ0n) is 17.7. The first kappa shape index (κ1) is 22.5. The molecule has 3 N–H and O–H groups in total. The molecule has 0 amide bonds. The predicted molar refractivity (Wildman–Crippen MR) is 126 cm³/mol. The Morgan fingerprint density at radius 3 is 2.61 bits per heavy atom. The van der Waals surface area contributed by atoms with Gasteiger partial charge in [0.25, 0.3) is 5.56 Å². The zero-order chi connectivity index (χ0) is 22.5. The highest BCUT2D eigenvalue weighted by Crippen LogP contribution is 2.21. The van der Waals surface area contributed by atoms with Crippen LogP contribution in [0, 0.1) is 13.8 Å². The molecule has 8 heteroatoms. The average Bonchev–Trinajstić information content (AvgIpc) is 2.76. The minimum atomic E-state index is -0.489. The second-order valence-corrected chi connectivity index (χ2v) is 7.61. The lowest BCUT2D eigenvalue weighted by Crippen LogP contribution is -2.38. The Labute approximate surface area is 185 Å². The van der Waals surface area contributed by atoms with Gasteiger partial charge < -0.3 is 25.0 Å². The summed E-state index contributed by atoms with van der Waals surface area (Å²) in [7, 11) is 1.31. The molecule has 0 fully saturated rings. The number of thiocarbonyl (C=S) groups is 1. The summed E-state index contributed by atoms with van der Waals surface area (Å²) in [6.07, 6.45) is 0. The number of rotatable bonds is 6. The van der Waals surface area contributed by atoms with Gasteiger partial charge in [-0.05, 0) is 55.4 Å². The zero-order valence-corrected chi connectivity index (χ0v) is 18.5. The van der Waals surface area contributed by atoms with Crippen molar-refractivity contribution in [2.24, 2.45) is 0 Å². The maximum absolute atomic E-state index is 12.7. The standard InChI is InChI=1S/C23H25N3O4S/c1-14-8-9-15(2)20-18(14)12-16(21(28)25-20)13-26(10-11-27)23(31)24-19-7-5-4-6-17(19)22(29)30-3/h4-9,12,27H,10-11,13H2,1-3H3,(H,24,31)(H,25,28). The van der Waals surface area contributed by atoms with Gasteiger partial charge in [-0.2, -0.15) is 0 Å². The molecule has 3 aromatic rings. The topological polar surface area (TPSA) is 94.7 Å². The minimum Gasteiger partial charge on any atom is -0.465 e. The number of aromatic amines is 1. The predicted octanol–water partition coefficient (Wildman–Crippen LogP) is 3.12. The molecule has 0 radical (unpaired) electrons. The second-order valence-electron chi connectivity index (χ2n) is 7.22. The van der Waals surface area contributed by atoms with Gasteiger partial charge in [0.05, 0.1) is 37.0 Å². The number of methoxy groups -OCH3 is 1. The average molecular weight is 440 g/mol. The number of para-hydroxylation sites is 1. The number of aliphatic hydroxyl groups is 1.